The molecule has 0 bridgehead atoms. The van der Waals surface area contributed by atoms with Gasteiger partial charge in [0, 0.05) is 49.7 Å². The van der Waals surface area contributed by atoms with Gasteiger partial charge in [0.25, 0.3) is 11.8 Å². The van der Waals surface area contributed by atoms with Crippen LogP contribution in [0.15, 0.2) is 113 Å². The number of hydrogen-bond donors (Lipinski definition) is 0. The highest BCUT2D eigenvalue weighted by molar-refractivity contribution is 6.11. The molecule has 310 valence electrons. The highest BCUT2D eigenvalue weighted by Crippen LogP contribution is 2.39. The summed E-state index contributed by atoms with van der Waals surface area (Å²) in [6.07, 6.45) is 11.0. The fraction of sp³-hybridized carbons (Fsp3) is 0.255. The number of carbonyl (C=O) groups excluding carboxylic acids is 3. The molecule has 2 aliphatic rings. The molecule has 0 unspecified atom stereocenters. The Labute approximate surface area is 349 Å². The summed E-state index contributed by atoms with van der Waals surface area (Å²) in [7, 11) is 6.03. The summed E-state index contributed by atoms with van der Waals surface area (Å²) in [5.74, 6) is 1.21. The number of esters is 1. The molecule has 2 aliphatic heterocycles. The molecule has 0 radical (unpaired) electrons. The number of aliphatic imine (C=N–C) groups is 2. The van der Waals surface area contributed by atoms with Gasteiger partial charge in [-0.25, -0.2) is 0 Å². The van der Waals surface area contributed by atoms with E-state index >= 15 is 0 Å². The van der Waals surface area contributed by atoms with Crippen LogP contribution in [-0.2, 0) is 29.2 Å². The van der Waals surface area contributed by atoms with Crippen LogP contribution in [0.3, 0.4) is 0 Å². The highest BCUT2D eigenvalue weighted by Gasteiger charge is 2.28. The third-order valence-electron chi connectivity index (χ3n) is 9.96. The third kappa shape index (κ3) is 10.1. The molecule has 4 aromatic rings. The molecular weight excluding hydrogens is 765 g/mol. The van der Waals surface area contributed by atoms with Crippen LogP contribution in [0.2, 0.25) is 0 Å². The number of hydrogen-bond acceptors (Lipinski definition) is 11. The summed E-state index contributed by atoms with van der Waals surface area (Å²) < 4.78 is 35.0. The van der Waals surface area contributed by atoms with Crippen LogP contribution < -0.4 is 28.6 Å². The minimum atomic E-state index is -0.309. The molecule has 0 saturated heterocycles. The lowest BCUT2D eigenvalue weighted by Gasteiger charge is -2.20. The summed E-state index contributed by atoms with van der Waals surface area (Å²) in [5.41, 5.74) is 5.40. The predicted octanol–water partition coefficient (Wildman–Crippen LogP) is 8.53. The molecule has 4 aromatic carbocycles. The average molecular weight is 813 g/mol. The van der Waals surface area contributed by atoms with E-state index in [9.17, 15) is 14.4 Å². The molecule has 0 aliphatic carbocycles. The van der Waals surface area contributed by atoms with E-state index in [1.165, 1.54) is 26.2 Å². The Morgan fingerprint density at radius 1 is 0.833 bits per heavy atom. The minimum absolute atomic E-state index is 0.0875. The van der Waals surface area contributed by atoms with E-state index in [1.54, 1.807) is 66.7 Å². The number of anilines is 1. The number of unbranched alkanes of at least 4 members (excludes halogenated alkanes) is 1. The number of methoxy groups -OCH3 is 3. The molecule has 60 heavy (non-hydrogen) atoms. The maximum atomic E-state index is 13.8. The van der Waals surface area contributed by atoms with Crippen molar-refractivity contribution in [1.82, 2.24) is 4.90 Å². The molecule has 13 heteroatoms. The minimum Gasteiger partial charge on any atom is -0.494 e. The van der Waals surface area contributed by atoms with Gasteiger partial charge in [-0.05, 0) is 91.2 Å². The monoisotopic (exact) mass is 812 g/mol. The van der Waals surface area contributed by atoms with Crippen LogP contribution in [-0.4, -0.2) is 77.1 Å². The van der Waals surface area contributed by atoms with Crippen LogP contribution in [0.1, 0.15) is 56.7 Å². The Kier molecular flexibility index (Phi) is 14.2. The molecule has 0 spiro atoms. The third-order valence-corrected chi connectivity index (χ3v) is 9.96. The van der Waals surface area contributed by atoms with Gasteiger partial charge in [-0.15, -0.1) is 0 Å². The number of nitrogens with zero attached hydrogens (tertiary/aromatic N) is 4. The normalized spacial score (nSPS) is 14.9. The van der Waals surface area contributed by atoms with Gasteiger partial charge in [0.1, 0.15) is 19.0 Å². The first-order chi connectivity index (χ1) is 29.1. The Morgan fingerprint density at radius 2 is 1.55 bits per heavy atom. The van der Waals surface area contributed by atoms with Gasteiger partial charge in [0.05, 0.1) is 50.4 Å². The van der Waals surface area contributed by atoms with E-state index in [1.807, 2.05) is 42.5 Å². The van der Waals surface area contributed by atoms with Crippen LogP contribution in [0.4, 0.5) is 17.1 Å². The van der Waals surface area contributed by atoms with Crippen LogP contribution in [0.25, 0.3) is 0 Å². The molecule has 0 fully saturated rings. The molecule has 13 nitrogen and oxygen atoms in total. The van der Waals surface area contributed by atoms with Crippen molar-refractivity contribution in [3.05, 3.63) is 131 Å². The Morgan fingerprint density at radius 3 is 2.27 bits per heavy atom. The van der Waals surface area contributed by atoms with Gasteiger partial charge < -0.3 is 38.2 Å². The lowest BCUT2D eigenvalue weighted by Crippen LogP contribution is -2.29. The molecule has 6 rings (SSSR count). The number of amides is 2. The van der Waals surface area contributed by atoms with Crippen LogP contribution >= 0.6 is 0 Å². The number of para-hydroxylation sites is 1. The molecule has 0 atom stereocenters. The van der Waals surface area contributed by atoms with E-state index in [2.05, 4.69) is 23.3 Å². The number of allylic oxidation sites excluding steroid dienone is 4. The first kappa shape index (κ1) is 42.5. The van der Waals surface area contributed by atoms with Crippen molar-refractivity contribution in [2.45, 2.75) is 38.9 Å². The van der Waals surface area contributed by atoms with Gasteiger partial charge in [0.15, 0.2) is 23.0 Å². The topological polar surface area (TPSA) is 138 Å². The zero-order valence-electron chi connectivity index (χ0n) is 34.3. The van der Waals surface area contributed by atoms with Crippen molar-refractivity contribution >= 4 is 47.8 Å². The average Bonchev–Trinajstić information content (AvgIpc) is 3.70. The molecule has 0 saturated carbocycles. The SMILES string of the molecule is C=Nc1cc(OCc2cc(COc3cc4c(cc3OC)C(=O)N(C)C(=C)\C=C/C=C\C=N/4)cc(OCCCCC(=O)OC)c2)c(OC)cc1C(=O)N1CCc2ccccc21. The highest BCUT2D eigenvalue weighted by atomic mass is 16.5. The number of carbonyl (C=O) groups is 3. The van der Waals surface area contributed by atoms with Crippen LogP contribution in [0, 0.1) is 0 Å². The van der Waals surface area contributed by atoms with Crippen molar-refractivity contribution < 1.29 is 42.8 Å². The standard InChI is InChI=1S/C47H48N4O9/c1-31-14-8-7-12-19-49-39-28-44(42(56-5)26-37(39)46(53)50(31)3)60-30-33-22-32(23-35(24-33)58-21-13-11-17-45(52)57-6)29-59-43-27-38(48-2)36(25-41(43)55-4)47(54)51-20-18-34-15-9-10-16-40(34)51/h7-10,12,14-16,19,22-28H,1-2,11,13,17-18,20-21,29-30H2,3-6H3/b12-7-,14-8-,49-19-. The fourth-order valence-electron chi connectivity index (χ4n) is 6.71. The van der Waals surface area contributed by atoms with E-state index in [4.69, 9.17) is 28.4 Å². The van der Waals surface area contributed by atoms with Gasteiger partial charge in [-0.1, -0.05) is 36.9 Å². The van der Waals surface area contributed by atoms with Crippen LogP contribution in [0.5, 0.6) is 28.7 Å². The Balaban J connectivity index is 1.25. The maximum absolute atomic E-state index is 13.8. The summed E-state index contributed by atoms with van der Waals surface area (Å²) in [5, 5.41) is 0. The van der Waals surface area contributed by atoms with Gasteiger partial charge in [-0.3, -0.25) is 24.4 Å². The second kappa shape index (κ2) is 20.0. The Bertz CT molecular complexity index is 2370. The number of rotatable bonds is 16. The number of benzene rings is 4. The first-order valence-electron chi connectivity index (χ1n) is 19.4. The molecular formula is C47H48N4O9. The number of likely N-dealkylation sites (N-methyl/N-ethyl adjacent to an activating group) is 1. The predicted molar refractivity (Wildman–Crippen MR) is 231 cm³/mol. The van der Waals surface area contributed by atoms with E-state index in [0.29, 0.717) is 89.4 Å². The van der Waals surface area contributed by atoms with E-state index in [-0.39, 0.29) is 31.0 Å². The zero-order valence-corrected chi connectivity index (χ0v) is 34.3. The summed E-state index contributed by atoms with van der Waals surface area (Å²) >= 11 is 0. The maximum Gasteiger partial charge on any atom is 0.305 e. The van der Waals surface area contributed by atoms with Crippen molar-refractivity contribution in [2.75, 3.05) is 46.4 Å². The van der Waals surface area contributed by atoms with Gasteiger partial charge in [0.2, 0.25) is 0 Å². The summed E-state index contributed by atoms with van der Waals surface area (Å²) in [4.78, 5) is 50.9. The molecule has 0 N–H and O–H groups in total. The lowest BCUT2D eigenvalue weighted by atomic mass is 10.1. The second-order valence-corrected chi connectivity index (χ2v) is 13.9. The number of fused-ring (bicyclic) bond motifs is 2. The lowest BCUT2D eigenvalue weighted by molar-refractivity contribution is -0.140. The van der Waals surface area contributed by atoms with Crippen molar-refractivity contribution in [2.24, 2.45) is 9.98 Å². The molecule has 0 aromatic heterocycles. The van der Waals surface area contributed by atoms with Crippen molar-refractivity contribution in [1.29, 1.82) is 0 Å². The first-order valence-corrected chi connectivity index (χ1v) is 19.4. The van der Waals surface area contributed by atoms with E-state index in [0.717, 1.165) is 28.8 Å². The largest absolute Gasteiger partial charge is 0.494 e. The summed E-state index contributed by atoms with van der Waals surface area (Å²) in [6, 6.07) is 20.0. The van der Waals surface area contributed by atoms with Crippen molar-refractivity contribution in [3.63, 3.8) is 0 Å². The second-order valence-electron chi connectivity index (χ2n) is 13.9. The smallest absolute Gasteiger partial charge is 0.305 e. The fourth-order valence-corrected chi connectivity index (χ4v) is 6.71. The summed E-state index contributed by atoms with van der Waals surface area (Å²) in [6.45, 7) is 8.82. The van der Waals surface area contributed by atoms with E-state index < -0.39 is 0 Å². The Hall–Kier alpha value is -7.15. The molecule has 2 amide bonds. The van der Waals surface area contributed by atoms with Gasteiger partial charge in [-0.2, -0.15) is 0 Å². The molecule has 2 heterocycles. The number of ether oxygens (including phenoxy) is 6. The zero-order chi connectivity index (χ0) is 42.6. The van der Waals surface area contributed by atoms with Gasteiger partial charge >= 0.3 is 5.97 Å². The quantitative estimate of drug-likeness (QED) is 0.0619. The van der Waals surface area contributed by atoms with Crippen molar-refractivity contribution in [3.8, 4) is 28.7 Å².